The average Bonchev–Trinajstić information content (AvgIpc) is 2.79. The van der Waals surface area contributed by atoms with Gasteiger partial charge in [-0.05, 0) is 40.0 Å². The fourth-order valence-electron chi connectivity index (χ4n) is 2.06. The molecule has 2 aliphatic rings. The Hall–Kier alpha value is -0.770. The lowest BCUT2D eigenvalue weighted by atomic mass is 9.96. The van der Waals surface area contributed by atoms with E-state index in [1.807, 2.05) is 20.8 Å². The third kappa shape index (κ3) is 2.84. The summed E-state index contributed by atoms with van der Waals surface area (Å²) in [5, 5.41) is 2.88. The molecule has 0 radical (unpaired) electrons. The topological polar surface area (TPSA) is 50.9 Å². The molecule has 4 heteroatoms. The molecule has 15 heavy (non-hydrogen) atoms. The van der Waals surface area contributed by atoms with Crippen LogP contribution in [0.2, 0.25) is 0 Å². The summed E-state index contributed by atoms with van der Waals surface area (Å²) in [6.07, 6.45) is 3.56. The van der Waals surface area contributed by atoms with E-state index in [1.54, 1.807) is 0 Å². The number of amides is 1. The third-order valence-electron chi connectivity index (χ3n) is 2.72. The molecule has 0 aromatic carbocycles. The zero-order valence-electron chi connectivity index (χ0n) is 9.58. The highest BCUT2D eigenvalue weighted by molar-refractivity contribution is 5.68. The van der Waals surface area contributed by atoms with Gasteiger partial charge in [-0.25, -0.2) is 4.79 Å². The minimum Gasteiger partial charge on any atom is -0.444 e. The first-order valence-electron chi connectivity index (χ1n) is 5.61. The van der Waals surface area contributed by atoms with Crippen LogP contribution < -0.4 is 5.32 Å². The van der Waals surface area contributed by atoms with Gasteiger partial charge in [0.15, 0.2) is 0 Å². The summed E-state index contributed by atoms with van der Waals surface area (Å²) in [7, 11) is 0. The summed E-state index contributed by atoms with van der Waals surface area (Å²) in [5.41, 5.74) is -0.428. The molecule has 0 spiro atoms. The van der Waals surface area contributed by atoms with Crippen LogP contribution in [0.1, 0.15) is 40.0 Å². The van der Waals surface area contributed by atoms with E-state index in [4.69, 9.17) is 9.47 Å². The number of epoxide rings is 1. The highest BCUT2D eigenvalue weighted by Gasteiger charge is 2.48. The molecule has 0 aromatic rings. The van der Waals surface area contributed by atoms with Gasteiger partial charge in [-0.3, -0.25) is 0 Å². The number of nitrogens with one attached hydrogen (secondary N) is 1. The summed E-state index contributed by atoms with van der Waals surface area (Å²) < 4.78 is 10.7. The second-order valence-corrected chi connectivity index (χ2v) is 5.32. The van der Waals surface area contributed by atoms with Crippen molar-refractivity contribution in [2.24, 2.45) is 0 Å². The van der Waals surface area contributed by atoms with Crippen LogP contribution >= 0.6 is 0 Å². The van der Waals surface area contributed by atoms with Crippen molar-refractivity contribution in [3.05, 3.63) is 0 Å². The van der Waals surface area contributed by atoms with Crippen molar-refractivity contribution < 1.29 is 14.3 Å². The molecule has 1 saturated carbocycles. The number of alkyl carbamates (subject to hydrolysis) is 1. The Balaban J connectivity index is 1.79. The first-order chi connectivity index (χ1) is 6.96. The summed E-state index contributed by atoms with van der Waals surface area (Å²) in [6, 6.07) is 0.151. The maximum absolute atomic E-state index is 11.5. The molecular weight excluding hydrogens is 194 g/mol. The van der Waals surface area contributed by atoms with Gasteiger partial charge in [-0.2, -0.15) is 0 Å². The Bertz CT molecular complexity index is 259. The van der Waals surface area contributed by atoms with Crippen LogP contribution in [0.3, 0.4) is 0 Å². The highest BCUT2D eigenvalue weighted by atomic mass is 16.6. The van der Waals surface area contributed by atoms with Crippen LogP contribution in [-0.4, -0.2) is 29.9 Å². The van der Waals surface area contributed by atoms with Gasteiger partial charge in [-0.1, -0.05) is 0 Å². The largest absolute Gasteiger partial charge is 0.444 e. The van der Waals surface area contributed by atoms with E-state index in [-0.39, 0.29) is 18.2 Å². The Morgan fingerprint density at radius 2 is 2.13 bits per heavy atom. The maximum Gasteiger partial charge on any atom is 0.407 e. The van der Waals surface area contributed by atoms with Crippen LogP contribution in [-0.2, 0) is 9.47 Å². The van der Waals surface area contributed by atoms with Crippen LogP contribution in [0.25, 0.3) is 0 Å². The predicted molar refractivity (Wildman–Crippen MR) is 55.7 cm³/mol. The van der Waals surface area contributed by atoms with Crippen LogP contribution in [0.4, 0.5) is 4.79 Å². The van der Waals surface area contributed by atoms with Gasteiger partial charge in [0, 0.05) is 0 Å². The lowest BCUT2D eigenvalue weighted by Crippen LogP contribution is -2.43. The van der Waals surface area contributed by atoms with Gasteiger partial charge in [0.25, 0.3) is 0 Å². The lowest BCUT2D eigenvalue weighted by molar-refractivity contribution is 0.0491. The average molecular weight is 213 g/mol. The molecule has 0 aromatic heterocycles. The number of ether oxygens (including phenoxy) is 2. The van der Waals surface area contributed by atoms with Crippen LogP contribution in [0.15, 0.2) is 0 Å². The summed E-state index contributed by atoms with van der Waals surface area (Å²) in [5.74, 6) is 0. The van der Waals surface area contributed by atoms with E-state index in [2.05, 4.69) is 5.32 Å². The Morgan fingerprint density at radius 1 is 1.40 bits per heavy atom. The Morgan fingerprint density at radius 3 is 2.80 bits per heavy atom. The number of fused-ring (bicyclic) bond motifs is 1. The molecule has 86 valence electrons. The quantitative estimate of drug-likeness (QED) is 0.676. The van der Waals surface area contributed by atoms with Crippen LogP contribution in [0, 0.1) is 0 Å². The zero-order valence-corrected chi connectivity index (χ0v) is 9.58. The lowest BCUT2D eigenvalue weighted by Gasteiger charge is -2.24. The van der Waals surface area contributed by atoms with Crippen molar-refractivity contribution in [2.45, 2.75) is 63.9 Å². The summed E-state index contributed by atoms with van der Waals surface area (Å²) in [4.78, 5) is 11.5. The molecule has 1 unspecified atom stereocenters. The monoisotopic (exact) mass is 213 g/mol. The van der Waals surface area contributed by atoms with Crippen molar-refractivity contribution in [1.29, 1.82) is 0 Å². The number of rotatable bonds is 1. The molecule has 1 aliphatic heterocycles. The molecule has 1 amide bonds. The molecule has 1 N–H and O–H groups in total. The number of hydrogen-bond donors (Lipinski definition) is 1. The van der Waals surface area contributed by atoms with Gasteiger partial charge in [0.2, 0.25) is 0 Å². The van der Waals surface area contributed by atoms with E-state index < -0.39 is 5.60 Å². The van der Waals surface area contributed by atoms with E-state index in [0.29, 0.717) is 6.10 Å². The Labute approximate surface area is 90.3 Å². The molecule has 1 heterocycles. The van der Waals surface area contributed by atoms with Crippen molar-refractivity contribution >= 4 is 6.09 Å². The zero-order chi connectivity index (χ0) is 11.1. The molecule has 3 atom stereocenters. The smallest absolute Gasteiger partial charge is 0.407 e. The molecule has 2 rings (SSSR count). The van der Waals surface area contributed by atoms with E-state index in [9.17, 15) is 4.79 Å². The molecule has 2 fully saturated rings. The molecular formula is C11H19NO3. The fraction of sp³-hybridized carbons (Fsp3) is 0.909. The third-order valence-corrected chi connectivity index (χ3v) is 2.72. The van der Waals surface area contributed by atoms with E-state index >= 15 is 0 Å². The molecule has 4 nitrogen and oxygen atoms in total. The number of hydrogen-bond acceptors (Lipinski definition) is 3. The maximum atomic E-state index is 11.5. The molecule has 0 bridgehead atoms. The predicted octanol–water partition coefficient (Wildman–Crippen LogP) is 1.83. The number of carbonyl (C=O) groups is 1. The Kier molecular flexibility index (Phi) is 2.63. The van der Waals surface area contributed by atoms with Gasteiger partial charge in [0.05, 0.1) is 12.1 Å². The standard InChI is InChI=1S/C11H19NO3/c1-11(2,3)15-10(13)12-7-5-4-6-8-9(7)14-8/h7-9H,4-6H2,1-3H3,(H,12,13)/t7?,8-,9+/m1/s1. The van der Waals surface area contributed by atoms with Crippen molar-refractivity contribution in [2.75, 3.05) is 0 Å². The van der Waals surface area contributed by atoms with Crippen LogP contribution in [0.5, 0.6) is 0 Å². The highest BCUT2D eigenvalue weighted by Crippen LogP contribution is 2.36. The number of carbonyl (C=O) groups excluding carboxylic acids is 1. The molecule has 1 aliphatic carbocycles. The molecule has 1 saturated heterocycles. The van der Waals surface area contributed by atoms with E-state index in [1.165, 1.54) is 0 Å². The van der Waals surface area contributed by atoms with Gasteiger partial charge in [-0.15, -0.1) is 0 Å². The first kappa shape index (κ1) is 10.7. The van der Waals surface area contributed by atoms with Gasteiger partial charge in [0.1, 0.15) is 11.7 Å². The minimum atomic E-state index is -0.428. The normalized spacial score (nSPS) is 34.2. The van der Waals surface area contributed by atoms with Crippen molar-refractivity contribution in [1.82, 2.24) is 5.32 Å². The fourth-order valence-corrected chi connectivity index (χ4v) is 2.06. The second kappa shape index (κ2) is 3.67. The van der Waals surface area contributed by atoms with Gasteiger partial charge >= 0.3 is 6.09 Å². The van der Waals surface area contributed by atoms with E-state index in [0.717, 1.165) is 19.3 Å². The minimum absolute atomic E-state index is 0.151. The first-order valence-corrected chi connectivity index (χ1v) is 5.61. The summed E-state index contributed by atoms with van der Waals surface area (Å²) >= 11 is 0. The van der Waals surface area contributed by atoms with Crippen molar-refractivity contribution in [3.8, 4) is 0 Å². The SMILES string of the molecule is CC(C)(C)OC(=O)NC1CCC[C@H]2O[C@@H]12. The second-order valence-electron chi connectivity index (χ2n) is 5.32. The summed E-state index contributed by atoms with van der Waals surface area (Å²) in [6.45, 7) is 5.59. The van der Waals surface area contributed by atoms with Crippen molar-refractivity contribution in [3.63, 3.8) is 0 Å². The van der Waals surface area contributed by atoms with Gasteiger partial charge < -0.3 is 14.8 Å².